The minimum Gasteiger partial charge on any atom is -0.399 e. The maximum absolute atomic E-state index is 11.8. The fourth-order valence-electron chi connectivity index (χ4n) is 1.13. The van der Waals surface area contributed by atoms with Gasteiger partial charge in [-0.15, -0.1) is 0 Å². The molecule has 0 bridgehead atoms. The van der Waals surface area contributed by atoms with E-state index in [0.717, 1.165) is 0 Å². The van der Waals surface area contributed by atoms with Gasteiger partial charge in [-0.05, 0) is 32.3 Å². The second-order valence-electron chi connectivity index (χ2n) is 3.69. The van der Waals surface area contributed by atoms with Gasteiger partial charge in [0.2, 0.25) is 0 Å². The summed E-state index contributed by atoms with van der Waals surface area (Å²) in [7, 11) is 0.485. The van der Waals surface area contributed by atoms with Crippen LogP contribution < -0.4 is 5.73 Å². The SMILES string of the molecule is CN(C)CCS(=O)(=O)c1cccc(N)c1. The third-order valence-electron chi connectivity index (χ3n) is 2.02. The van der Waals surface area contributed by atoms with E-state index >= 15 is 0 Å². The molecular weight excluding hydrogens is 212 g/mol. The van der Waals surface area contributed by atoms with Crippen LogP contribution in [0.15, 0.2) is 29.2 Å². The van der Waals surface area contributed by atoms with E-state index in [1.54, 1.807) is 18.2 Å². The van der Waals surface area contributed by atoms with Crippen LogP contribution in [0.3, 0.4) is 0 Å². The van der Waals surface area contributed by atoms with Gasteiger partial charge in [-0.25, -0.2) is 8.42 Å². The summed E-state index contributed by atoms with van der Waals surface area (Å²) in [5, 5.41) is 0. The first-order valence-electron chi connectivity index (χ1n) is 4.65. The number of hydrogen-bond acceptors (Lipinski definition) is 4. The van der Waals surface area contributed by atoms with Crippen molar-refractivity contribution < 1.29 is 8.42 Å². The molecule has 0 aliphatic carbocycles. The van der Waals surface area contributed by atoms with Crippen LogP contribution in [-0.2, 0) is 9.84 Å². The van der Waals surface area contributed by atoms with Gasteiger partial charge < -0.3 is 10.6 Å². The Balaban J connectivity index is 2.87. The van der Waals surface area contributed by atoms with Crippen LogP contribution >= 0.6 is 0 Å². The fourth-order valence-corrected chi connectivity index (χ4v) is 2.57. The fraction of sp³-hybridized carbons (Fsp3) is 0.400. The summed E-state index contributed by atoms with van der Waals surface area (Å²) in [4.78, 5) is 2.13. The number of rotatable bonds is 4. The number of nitrogens with two attached hydrogens (primary N) is 1. The van der Waals surface area contributed by atoms with E-state index in [0.29, 0.717) is 17.1 Å². The molecule has 84 valence electrons. The Labute approximate surface area is 90.6 Å². The van der Waals surface area contributed by atoms with Crippen LogP contribution in [0.1, 0.15) is 0 Å². The van der Waals surface area contributed by atoms with E-state index in [1.165, 1.54) is 6.07 Å². The number of benzene rings is 1. The average molecular weight is 228 g/mol. The minimum absolute atomic E-state index is 0.115. The normalized spacial score (nSPS) is 11.9. The quantitative estimate of drug-likeness (QED) is 0.767. The highest BCUT2D eigenvalue weighted by molar-refractivity contribution is 7.91. The lowest BCUT2D eigenvalue weighted by Gasteiger charge is -2.10. The van der Waals surface area contributed by atoms with Crippen molar-refractivity contribution in [3.8, 4) is 0 Å². The summed E-state index contributed by atoms with van der Waals surface area (Å²) in [5.41, 5.74) is 6.01. The molecule has 0 spiro atoms. The van der Waals surface area contributed by atoms with Crippen molar-refractivity contribution in [2.45, 2.75) is 4.90 Å². The first kappa shape index (κ1) is 12.0. The number of hydrogen-bond donors (Lipinski definition) is 1. The molecule has 0 aliphatic rings. The van der Waals surface area contributed by atoms with Gasteiger partial charge in [0.1, 0.15) is 0 Å². The molecule has 1 aromatic rings. The Morgan fingerprint density at radius 3 is 2.53 bits per heavy atom. The standard InChI is InChI=1S/C10H16N2O2S/c1-12(2)6-7-15(13,14)10-5-3-4-9(11)8-10/h3-5,8H,6-7,11H2,1-2H3. The zero-order chi connectivity index (χ0) is 11.5. The first-order chi connectivity index (χ1) is 6.92. The van der Waals surface area contributed by atoms with Gasteiger partial charge in [-0.3, -0.25) is 0 Å². The molecule has 4 nitrogen and oxygen atoms in total. The van der Waals surface area contributed by atoms with Crippen LogP contribution in [0, 0.1) is 0 Å². The van der Waals surface area contributed by atoms with Crippen molar-refractivity contribution in [2.24, 2.45) is 0 Å². The molecule has 0 saturated carbocycles. The molecule has 0 amide bonds. The Kier molecular flexibility index (Phi) is 3.71. The lowest BCUT2D eigenvalue weighted by atomic mass is 10.3. The van der Waals surface area contributed by atoms with Crippen molar-refractivity contribution in [1.82, 2.24) is 4.90 Å². The molecular formula is C10H16N2O2S. The molecule has 0 atom stereocenters. The Hall–Kier alpha value is -1.07. The number of nitrogens with zero attached hydrogens (tertiary/aromatic N) is 1. The molecule has 15 heavy (non-hydrogen) atoms. The number of sulfone groups is 1. The molecule has 1 rings (SSSR count). The van der Waals surface area contributed by atoms with Gasteiger partial charge in [0.25, 0.3) is 0 Å². The van der Waals surface area contributed by atoms with Gasteiger partial charge in [0.05, 0.1) is 10.6 Å². The van der Waals surface area contributed by atoms with Crippen molar-refractivity contribution in [2.75, 3.05) is 32.1 Å². The van der Waals surface area contributed by atoms with Gasteiger partial charge in [0, 0.05) is 12.2 Å². The largest absolute Gasteiger partial charge is 0.399 e. The van der Waals surface area contributed by atoms with Crippen LogP contribution in [0.5, 0.6) is 0 Å². The highest BCUT2D eigenvalue weighted by atomic mass is 32.2. The Morgan fingerprint density at radius 1 is 1.33 bits per heavy atom. The molecule has 0 unspecified atom stereocenters. The van der Waals surface area contributed by atoms with Gasteiger partial charge in [-0.1, -0.05) is 6.07 Å². The molecule has 0 aromatic heterocycles. The summed E-state index contributed by atoms with van der Waals surface area (Å²) < 4.78 is 23.6. The third-order valence-corrected chi connectivity index (χ3v) is 3.72. The molecule has 0 aliphatic heterocycles. The summed E-state index contributed by atoms with van der Waals surface area (Å²) >= 11 is 0. The van der Waals surface area contributed by atoms with E-state index in [4.69, 9.17) is 5.73 Å². The van der Waals surface area contributed by atoms with Crippen LogP contribution in [-0.4, -0.2) is 39.7 Å². The van der Waals surface area contributed by atoms with Gasteiger partial charge in [-0.2, -0.15) is 0 Å². The van der Waals surface area contributed by atoms with Crippen molar-refractivity contribution >= 4 is 15.5 Å². The van der Waals surface area contributed by atoms with Crippen molar-refractivity contribution in [3.63, 3.8) is 0 Å². The average Bonchev–Trinajstić information content (AvgIpc) is 2.15. The second kappa shape index (κ2) is 4.63. The highest BCUT2D eigenvalue weighted by Gasteiger charge is 2.14. The molecule has 5 heteroatoms. The molecule has 0 heterocycles. The van der Waals surface area contributed by atoms with E-state index in [9.17, 15) is 8.42 Å². The Morgan fingerprint density at radius 2 is 2.00 bits per heavy atom. The topological polar surface area (TPSA) is 63.4 Å². The highest BCUT2D eigenvalue weighted by Crippen LogP contribution is 2.14. The lowest BCUT2D eigenvalue weighted by Crippen LogP contribution is -2.22. The molecule has 2 N–H and O–H groups in total. The predicted octanol–water partition coefficient (Wildman–Crippen LogP) is 0.604. The first-order valence-corrected chi connectivity index (χ1v) is 6.30. The molecule has 0 radical (unpaired) electrons. The van der Waals surface area contributed by atoms with Crippen molar-refractivity contribution in [1.29, 1.82) is 0 Å². The van der Waals surface area contributed by atoms with E-state index in [2.05, 4.69) is 0 Å². The van der Waals surface area contributed by atoms with E-state index in [1.807, 2.05) is 19.0 Å². The van der Waals surface area contributed by atoms with E-state index in [-0.39, 0.29) is 5.75 Å². The predicted molar refractivity (Wildman–Crippen MR) is 61.5 cm³/mol. The van der Waals surface area contributed by atoms with E-state index < -0.39 is 9.84 Å². The van der Waals surface area contributed by atoms with Crippen LogP contribution in [0.4, 0.5) is 5.69 Å². The minimum atomic E-state index is -3.20. The molecule has 0 fully saturated rings. The smallest absolute Gasteiger partial charge is 0.179 e. The lowest BCUT2D eigenvalue weighted by molar-refractivity contribution is 0.432. The summed E-state index contributed by atoms with van der Waals surface area (Å²) in [6.45, 7) is 0.511. The zero-order valence-electron chi connectivity index (χ0n) is 8.97. The number of anilines is 1. The molecule has 0 saturated heterocycles. The molecule has 1 aromatic carbocycles. The second-order valence-corrected chi connectivity index (χ2v) is 5.80. The summed E-state index contributed by atoms with van der Waals surface area (Å²) in [5.74, 6) is 0.115. The summed E-state index contributed by atoms with van der Waals surface area (Å²) in [6, 6.07) is 6.38. The summed E-state index contributed by atoms with van der Waals surface area (Å²) in [6.07, 6.45) is 0. The maximum atomic E-state index is 11.8. The number of nitrogen functional groups attached to an aromatic ring is 1. The Bertz CT molecular complexity index is 427. The van der Waals surface area contributed by atoms with Crippen LogP contribution in [0.2, 0.25) is 0 Å². The maximum Gasteiger partial charge on any atom is 0.179 e. The monoisotopic (exact) mass is 228 g/mol. The van der Waals surface area contributed by atoms with Crippen LogP contribution in [0.25, 0.3) is 0 Å². The van der Waals surface area contributed by atoms with Crippen molar-refractivity contribution in [3.05, 3.63) is 24.3 Å². The third kappa shape index (κ3) is 3.53. The zero-order valence-corrected chi connectivity index (χ0v) is 9.79. The van der Waals surface area contributed by atoms with Gasteiger partial charge >= 0.3 is 0 Å². The van der Waals surface area contributed by atoms with Gasteiger partial charge in [0.15, 0.2) is 9.84 Å².